The number of imidazole rings is 1. The summed E-state index contributed by atoms with van der Waals surface area (Å²) in [6.07, 6.45) is 3.28. The van der Waals surface area contributed by atoms with Crippen molar-refractivity contribution in [1.82, 2.24) is 30.2 Å². The lowest BCUT2D eigenvalue weighted by atomic mass is 10.1. The Kier molecular flexibility index (Phi) is 5.61. The number of aromatic nitrogens is 4. The molecule has 3 aromatic carbocycles. The van der Waals surface area contributed by atoms with Gasteiger partial charge in [-0.05, 0) is 31.2 Å². The van der Waals surface area contributed by atoms with Crippen molar-refractivity contribution in [2.24, 2.45) is 0 Å². The second-order valence-electron chi connectivity index (χ2n) is 7.80. The summed E-state index contributed by atoms with van der Waals surface area (Å²) >= 11 is 0. The Bertz CT molecular complexity index is 1460. The molecule has 0 radical (unpaired) electrons. The number of hydrogen-bond acceptors (Lipinski definition) is 4. The minimum Gasteiger partial charge on any atom is -0.318 e. The van der Waals surface area contributed by atoms with Crippen molar-refractivity contribution in [3.8, 4) is 16.9 Å². The molecule has 8 nitrogen and oxygen atoms in total. The van der Waals surface area contributed by atoms with Crippen LogP contribution in [0.2, 0.25) is 0 Å². The molecule has 5 rings (SSSR count). The molecule has 168 valence electrons. The molecular formula is C26H22N6O2. The minimum absolute atomic E-state index is 0.344. The van der Waals surface area contributed by atoms with Gasteiger partial charge in [-0.15, -0.1) is 0 Å². The van der Waals surface area contributed by atoms with Crippen molar-refractivity contribution in [3.63, 3.8) is 0 Å². The number of para-hydroxylation sites is 3. The summed E-state index contributed by atoms with van der Waals surface area (Å²) in [6.45, 7) is 1.75. The Hall–Kier alpha value is -4.72. The molecule has 8 heteroatoms. The zero-order chi connectivity index (χ0) is 23.5. The van der Waals surface area contributed by atoms with Gasteiger partial charge in [-0.1, -0.05) is 60.7 Å². The van der Waals surface area contributed by atoms with Gasteiger partial charge in [-0.2, -0.15) is 5.10 Å². The summed E-state index contributed by atoms with van der Waals surface area (Å²) in [5, 5.41) is 4.64. The number of amides is 2. The van der Waals surface area contributed by atoms with Crippen LogP contribution in [0.25, 0.3) is 28.0 Å². The summed E-state index contributed by atoms with van der Waals surface area (Å²) in [5.41, 5.74) is 9.20. The third-order valence-electron chi connectivity index (χ3n) is 5.60. The lowest BCUT2D eigenvalue weighted by Crippen LogP contribution is -2.44. The molecule has 0 aliphatic rings. The van der Waals surface area contributed by atoms with E-state index in [1.54, 1.807) is 28.7 Å². The maximum atomic E-state index is 13.1. The summed E-state index contributed by atoms with van der Waals surface area (Å²) < 4.78 is 3.42. The van der Waals surface area contributed by atoms with Gasteiger partial charge in [0.25, 0.3) is 11.8 Å². The largest absolute Gasteiger partial charge is 0.318 e. The lowest BCUT2D eigenvalue weighted by Gasteiger charge is -2.15. The Labute approximate surface area is 195 Å². The number of benzene rings is 3. The Morgan fingerprint density at radius 2 is 1.53 bits per heavy atom. The van der Waals surface area contributed by atoms with Gasteiger partial charge in [0, 0.05) is 11.8 Å². The monoisotopic (exact) mass is 450 g/mol. The van der Waals surface area contributed by atoms with E-state index in [1.165, 1.54) is 0 Å². The summed E-state index contributed by atoms with van der Waals surface area (Å²) in [4.78, 5) is 30.2. The van der Waals surface area contributed by atoms with E-state index in [9.17, 15) is 9.59 Å². The number of hydrazine groups is 1. The molecule has 2 amide bonds. The zero-order valence-corrected chi connectivity index (χ0v) is 18.4. The maximum Gasteiger partial charge on any atom is 0.273 e. The van der Waals surface area contributed by atoms with Crippen molar-refractivity contribution < 1.29 is 9.59 Å². The zero-order valence-electron chi connectivity index (χ0n) is 18.4. The topological polar surface area (TPSA) is 93.8 Å². The normalized spacial score (nSPS) is 11.8. The van der Waals surface area contributed by atoms with Gasteiger partial charge in [-0.3, -0.25) is 20.4 Å². The van der Waals surface area contributed by atoms with Crippen molar-refractivity contribution in [2.45, 2.75) is 13.0 Å². The molecule has 5 aromatic rings. The third-order valence-corrected chi connectivity index (χ3v) is 5.60. The number of nitrogens with zero attached hydrogens (tertiary/aromatic N) is 4. The van der Waals surface area contributed by atoms with Gasteiger partial charge in [0.05, 0.1) is 28.6 Å². The molecule has 34 heavy (non-hydrogen) atoms. The molecule has 2 aromatic heterocycles. The van der Waals surface area contributed by atoms with E-state index in [4.69, 9.17) is 0 Å². The van der Waals surface area contributed by atoms with Gasteiger partial charge >= 0.3 is 0 Å². The fraction of sp³-hybridized carbons (Fsp3) is 0.0769. The second-order valence-corrected chi connectivity index (χ2v) is 7.80. The van der Waals surface area contributed by atoms with Crippen molar-refractivity contribution in [3.05, 3.63) is 103 Å². The molecule has 0 aliphatic heterocycles. The molecule has 1 unspecified atom stereocenters. The van der Waals surface area contributed by atoms with Gasteiger partial charge in [0.2, 0.25) is 0 Å². The van der Waals surface area contributed by atoms with E-state index in [0.717, 1.165) is 22.3 Å². The molecule has 0 saturated carbocycles. The average Bonchev–Trinajstić information content (AvgIpc) is 3.53. The number of rotatable bonds is 5. The second kappa shape index (κ2) is 9.03. The van der Waals surface area contributed by atoms with Crippen LogP contribution in [-0.2, 0) is 4.79 Å². The molecule has 2 N–H and O–H groups in total. The van der Waals surface area contributed by atoms with Crippen molar-refractivity contribution in [2.75, 3.05) is 0 Å². The van der Waals surface area contributed by atoms with E-state index in [1.807, 2.05) is 84.9 Å². The number of hydrogen-bond donors (Lipinski definition) is 2. The van der Waals surface area contributed by atoms with E-state index in [0.29, 0.717) is 11.3 Å². The van der Waals surface area contributed by atoms with E-state index < -0.39 is 11.9 Å². The molecule has 0 saturated heterocycles. The van der Waals surface area contributed by atoms with Crippen LogP contribution in [0.1, 0.15) is 23.3 Å². The highest BCUT2D eigenvalue weighted by molar-refractivity contribution is 6.00. The van der Waals surface area contributed by atoms with Gasteiger partial charge < -0.3 is 4.57 Å². The molecule has 0 fully saturated rings. The highest BCUT2D eigenvalue weighted by Gasteiger charge is 2.21. The van der Waals surface area contributed by atoms with Crippen LogP contribution in [0, 0.1) is 0 Å². The first-order valence-electron chi connectivity index (χ1n) is 10.8. The highest BCUT2D eigenvalue weighted by Crippen LogP contribution is 2.23. The first kappa shape index (κ1) is 21.1. The molecule has 1 atom stereocenters. The molecule has 0 spiro atoms. The standard InChI is InChI=1S/C26H22N6O2/c1-18(31-17-27-22-14-8-9-15-23(22)31)25(33)28-29-26(34)21-16-32(20-12-6-3-7-13-20)30-24(21)19-10-4-2-5-11-19/h2-18H,1H3,(H,28,33)(H,29,34). The van der Waals surface area contributed by atoms with Crippen LogP contribution in [0.5, 0.6) is 0 Å². The van der Waals surface area contributed by atoms with Crippen molar-refractivity contribution in [1.29, 1.82) is 0 Å². The Morgan fingerprint density at radius 1 is 0.853 bits per heavy atom. The van der Waals surface area contributed by atoms with Crippen molar-refractivity contribution >= 4 is 22.8 Å². The Balaban J connectivity index is 1.38. The molecule has 0 bridgehead atoms. The Morgan fingerprint density at radius 3 is 2.29 bits per heavy atom. The molecule has 2 heterocycles. The predicted molar refractivity (Wildman–Crippen MR) is 129 cm³/mol. The number of nitrogens with one attached hydrogen (secondary N) is 2. The van der Waals surface area contributed by atoms with Gasteiger partial charge in [0.15, 0.2) is 0 Å². The summed E-state index contributed by atoms with van der Waals surface area (Å²) in [7, 11) is 0. The van der Waals surface area contributed by atoms with Gasteiger partial charge in [0.1, 0.15) is 11.7 Å². The van der Waals surface area contributed by atoms with Crippen LogP contribution < -0.4 is 10.9 Å². The predicted octanol–water partition coefficient (Wildman–Crippen LogP) is 3.91. The van der Waals surface area contributed by atoms with Crippen LogP contribution in [0.4, 0.5) is 0 Å². The van der Waals surface area contributed by atoms with Crippen LogP contribution >= 0.6 is 0 Å². The minimum atomic E-state index is -0.576. The fourth-order valence-electron chi connectivity index (χ4n) is 3.77. The smallest absolute Gasteiger partial charge is 0.273 e. The summed E-state index contributed by atoms with van der Waals surface area (Å²) in [6, 6.07) is 26.0. The lowest BCUT2D eigenvalue weighted by molar-refractivity contribution is -0.124. The SMILES string of the molecule is CC(C(=O)NNC(=O)c1cn(-c2ccccc2)nc1-c1ccccc1)n1cnc2ccccc21. The molecule has 0 aliphatic carbocycles. The third kappa shape index (κ3) is 4.04. The van der Waals surface area contributed by atoms with Crippen LogP contribution in [0.15, 0.2) is 97.5 Å². The van der Waals surface area contributed by atoms with Gasteiger partial charge in [-0.25, -0.2) is 9.67 Å². The van der Waals surface area contributed by atoms with Crippen LogP contribution in [0.3, 0.4) is 0 Å². The summed E-state index contributed by atoms with van der Waals surface area (Å²) in [5.74, 6) is -0.828. The first-order valence-corrected chi connectivity index (χ1v) is 10.8. The van der Waals surface area contributed by atoms with Crippen LogP contribution in [-0.4, -0.2) is 31.1 Å². The number of carbonyl (C=O) groups is 2. The first-order chi connectivity index (χ1) is 16.6. The number of fused-ring (bicyclic) bond motifs is 1. The number of carbonyl (C=O) groups excluding carboxylic acids is 2. The fourth-order valence-corrected chi connectivity index (χ4v) is 3.77. The molecular weight excluding hydrogens is 428 g/mol. The van der Waals surface area contributed by atoms with E-state index in [2.05, 4.69) is 20.9 Å². The van der Waals surface area contributed by atoms with E-state index >= 15 is 0 Å². The highest BCUT2D eigenvalue weighted by atomic mass is 16.2. The van der Waals surface area contributed by atoms with E-state index in [-0.39, 0.29) is 5.91 Å². The quantitative estimate of drug-likeness (QED) is 0.397. The average molecular weight is 451 g/mol. The maximum absolute atomic E-state index is 13.1.